The summed E-state index contributed by atoms with van der Waals surface area (Å²) in [6.07, 6.45) is 7.68. The average molecular weight is 518 g/mol. The van der Waals surface area contributed by atoms with Gasteiger partial charge in [0.15, 0.2) is 5.65 Å². The van der Waals surface area contributed by atoms with Crippen molar-refractivity contribution in [2.24, 2.45) is 18.7 Å². The Bertz CT molecular complexity index is 1190. The van der Waals surface area contributed by atoms with Gasteiger partial charge in [-0.05, 0) is 34.3 Å². The number of anilines is 2. The molecular weight excluding hydrogens is 490 g/mol. The Morgan fingerprint density at radius 3 is 2.94 bits per heavy atom. The quantitative estimate of drug-likeness (QED) is 0.388. The largest absolute Gasteiger partial charge is 0.464 e. The number of carbonyl (C=O) groups excluding carboxylic acids is 1. The minimum atomic E-state index is -0.382. The number of nitrogens with two attached hydrogens (primary N) is 1. The van der Waals surface area contributed by atoms with Crippen LogP contribution in [0.25, 0.3) is 5.65 Å². The third-order valence-electron chi connectivity index (χ3n) is 5.92. The predicted molar refractivity (Wildman–Crippen MR) is 129 cm³/mol. The topological polar surface area (TPSA) is 129 Å². The highest BCUT2D eigenvalue weighted by Crippen LogP contribution is 2.29. The molecule has 0 unspecified atom stereocenters. The maximum atomic E-state index is 11.7. The first kappa shape index (κ1) is 23.2. The molecule has 1 aliphatic rings. The van der Waals surface area contributed by atoms with Crippen molar-refractivity contribution in [3.8, 4) is 0 Å². The SMILES string of the molecule is Cn1cc(CNc2cc(N[C@H]3CCCC[C@H]3COC(=O)CN)nc3c(Br)cnn23)ccc1=O. The van der Waals surface area contributed by atoms with E-state index < -0.39 is 0 Å². The van der Waals surface area contributed by atoms with Gasteiger partial charge < -0.3 is 25.7 Å². The van der Waals surface area contributed by atoms with Crippen LogP contribution < -0.4 is 21.9 Å². The summed E-state index contributed by atoms with van der Waals surface area (Å²) in [4.78, 5) is 27.9. The van der Waals surface area contributed by atoms with Crippen LogP contribution in [0, 0.1) is 5.92 Å². The summed E-state index contributed by atoms with van der Waals surface area (Å²) in [5, 5.41) is 11.4. The van der Waals surface area contributed by atoms with Gasteiger partial charge in [-0.25, -0.2) is 4.98 Å². The van der Waals surface area contributed by atoms with Gasteiger partial charge in [-0.1, -0.05) is 18.9 Å². The van der Waals surface area contributed by atoms with Crippen molar-refractivity contribution in [2.75, 3.05) is 23.8 Å². The number of aryl methyl sites for hydroxylation is 1. The zero-order valence-corrected chi connectivity index (χ0v) is 20.0. The molecule has 4 rings (SSSR count). The van der Waals surface area contributed by atoms with Crippen molar-refractivity contribution in [3.63, 3.8) is 0 Å². The van der Waals surface area contributed by atoms with E-state index in [2.05, 4.69) is 31.7 Å². The molecule has 3 aromatic rings. The van der Waals surface area contributed by atoms with Crippen molar-refractivity contribution in [2.45, 2.75) is 38.3 Å². The summed E-state index contributed by atoms with van der Waals surface area (Å²) < 4.78 is 9.40. The van der Waals surface area contributed by atoms with Crippen LogP contribution in [0.3, 0.4) is 0 Å². The van der Waals surface area contributed by atoms with Crippen molar-refractivity contribution in [1.82, 2.24) is 19.2 Å². The lowest BCUT2D eigenvalue weighted by Gasteiger charge is -2.32. The third-order valence-corrected chi connectivity index (χ3v) is 6.48. The lowest BCUT2D eigenvalue weighted by Crippen LogP contribution is -2.36. The molecule has 1 aliphatic carbocycles. The van der Waals surface area contributed by atoms with Gasteiger partial charge in [0.25, 0.3) is 0 Å². The molecule has 0 aliphatic heterocycles. The number of nitrogens with one attached hydrogen (secondary N) is 2. The van der Waals surface area contributed by atoms with Crippen LogP contribution in [-0.2, 0) is 23.1 Å². The number of ether oxygens (including phenoxy) is 1. The molecule has 0 spiro atoms. The molecule has 0 bridgehead atoms. The Kier molecular flexibility index (Phi) is 7.29. The van der Waals surface area contributed by atoms with Gasteiger partial charge in [0.1, 0.15) is 11.6 Å². The van der Waals surface area contributed by atoms with E-state index in [-0.39, 0.29) is 30.0 Å². The second kappa shape index (κ2) is 10.3. The van der Waals surface area contributed by atoms with Crippen LogP contribution in [0.2, 0.25) is 0 Å². The minimum absolute atomic E-state index is 0.0493. The fourth-order valence-corrected chi connectivity index (χ4v) is 4.48. The van der Waals surface area contributed by atoms with Crippen LogP contribution in [0.4, 0.5) is 11.6 Å². The van der Waals surface area contributed by atoms with Crippen LogP contribution in [0.5, 0.6) is 0 Å². The summed E-state index contributed by atoms with van der Waals surface area (Å²) >= 11 is 3.53. The van der Waals surface area contributed by atoms with E-state index in [1.54, 1.807) is 40.7 Å². The molecule has 2 atom stereocenters. The lowest BCUT2D eigenvalue weighted by atomic mass is 9.85. The van der Waals surface area contributed by atoms with Crippen molar-refractivity contribution >= 4 is 39.2 Å². The van der Waals surface area contributed by atoms with E-state index in [1.807, 2.05) is 6.07 Å². The van der Waals surface area contributed by atoms with E-state index >= 15 is 0 Å². The molecular formula is C22H28BrN7O3. The number of rotatable bonds is 8. The molecule has 4 N–H and O–H groups in total. The monoisotopic (exact) mass is 517 g/mol. The molecule has 3 heterocycles. The lowest BCUT2D eigenvalue weighted by molar-refractivity contribution is -0.143. The fourth-order valence-electron chi connectivity index (χ4n) is 4.13. The Balaban J connectivity index is 1.54. The number of hydrogen-bond donors (Lipinski definition) is 3. The third kappa shape index (κ3) is 5.53. The zero-order chi connectivity index (χ0) is 23.4. The zero-order valence-electron chi connectivity index (χ0n) is 18.5. The predicted octanol–water partition coefficient (Wildman–Crippen LogP) is 2.28. The highest BCUT2D eigenvalue weighted by Gasteiger charge is 2.27. The number of halogens is 1. The molecule has 10 nitrogen and oxygen atoms in total. The Hall–Kier alpha value is -2.92. The van der Waals surface area contributed by atoms with Crippen molar-refractivity contribution in [3.05, 3.63) is 51.0 Å². The van der Waals surface area contributed by atoms with E-state index in [9.17, 15) is 9.59 Å². The van der Waals surface area contributed by atoms with E-state index in [0.29, 0.717) is 24.6 Å². The molecule has 1 saturated carbocycles. The van der Waals surface area contributed by atoms with Gasteiger partial charge in [0.05, 0.1) is 23.8 Å². The number of carbonyl (C=O) groups is 1. The fraction of sp³-hybridized carbons (Fsp3) is 0.455. The summed E-state index contributed by atoms with van der Waals surface area (Å²) in [6.45, 7) is 0.762. The van der Waals surface area contributed by atoms with Gasteiger partial charge in [0.2, 0.25) is 5.56 Å². The van der Waals surface area contributed by atoms with Crippen LogP contribution in [0.1, 0.15) is 31.2 Å². The summed E-state index contributed by atoms with van der Waals surface area (Å²) in [5.74, 6) is 1.30. The summed E-state index contributed by atoms with van der Waals surface area (Å²) in [7, 11) is 1.73. The summed E-state index contributed by atoms with van der Waals surface area (Å²) in [6, 6.07) is 5.42. The molecule has 0 aromatic carbocycles. The number of hydrogen-bond acceptors (Lipinski definition) is 8. The van der Waals surface area contributed by atoms with Crippen LogP contribution in [-0.4, -0.2) is 44.3 Å². The number of nitrogens with zero attached hydrogens (tertiary/aromatic N) is 4. The van der Waals surface area contributed by atoms with Crippen molar-refractivity contribution in [1.29, 1.82) is 0 Å². The standard InChI is InChI=1S/C22H28BrN7O3/c1-29-12-14(6-7-20(29)31)10-25-19-8-18(28-22-16(23)11-26-30(19)22)27-17-5-3-2-4-15(17)13-33-21(32)9-24/h6-8,11-12,15,17,25H,2-5,9-10,13,24H2,1H3,(H,27,28)/t15-,17-/m0/s1. The van der Waals surface area contributed by atoms with Gasteiger partial charge in [-0.15, -0.1) is 0 Å². The molecule has 176 valence electrons. The first-order valence-electron chi connectivity index (χ1n) is 11.0. The molecule has 1 fully saturated rings. The minimum Gasteiger partial charge on any atom is -0.464 e. The van der Waals surface area contributed by atoms with Gasteiger partial charge in [-0.3, -0.25) is 9.59 Å². The molecule has 11 heteroatoms. The van der Waals surface area contributed by atoms with Gasteiger partial charge >= 0.3 is 5.97 Å². The second-order valence-corrected chi connectivity index (χ2v) is 9.13. The maximum absolute atomic E-state index is 11.7. The first-order chi connectivity index (χ1) is 15.9. The summed E-state index contributed by atoms with van der Waals surface area (Å²) in [5.41, 5.74) is 6.97. The molecule has 0 radical (unpaired) electrons. The van der Waals surface area contributed by atoms with Gasteiger partial charge in [-0.2, -0.15) is 9.61 Å². The van der Waals surface area contributed by atoms with E-state index in [4.69, 9.17) is 15.5 Å². The number of fused-ring (bicyclic) bond motifs is 1. The highest BCUT2D eigenvalue weighted by atomic mass is 79.9. The maximum Gasteiger partial charge on any atom is 0.319 e. The Morgan fingerprint density at radius 2 is 2.15 bits per heavy atom. The first-order valence-corrected chi connectivity index (χ1v) is 11.8. The molecule has 0 saturated heterocycles. The Labute approximate surface area is 199 Å². The van der Waals surface area contributed by atoms with Gasteiger partial charge in [0, 0.05) is 43.9 Å². The smallest absolute Gasteiger partial charge is 0.319 e. The molecule has 0 amide bonds. The van der Waals surface area contributed by atoms with Crippen molar-refractivity contribution < 1.29 is 9.53 Å². The normalized spacial score (nSPS) is 18.3. The van der Waals surface area contributed by atoms with E-state index in [1.165, 1.54) is 0 Å². The molecule has 33 heavy (non-hydrogen) atoms. The molecule has 3 aromatic heterocycles. The number of esters is 1. The van der Waals surface area contributed by atoms with Crippen LogP contribution >= 0.6 is 15.9 Å². The highest BCUT2D eigenvalue weighted by molar-refractivity contribution is 9.10. The average Bonchev–Trinajstić information content (AvgIpc) is 3.19. The van der Waals surface area contributed by atoms with E-state index in [0.717, 1.165) is 41.5 Å². The Morgan fingerprint density at radius 1 is 1.33 bits per heavy atom. The number of aromatic nitrogens is 4. The number of pyridine rings is 1. The van der Waals surface area contributed by atoms with Crippen LogP contribution in [0.15, 0.2) is 39.9 Å². The second-order valence-electron chi connectivity index (χ2n) is 8.28.